The van der Waals surface area contributed by atoms with Crippen LogP contribution in [0.5, 0.6) is 0 Å². The molecule has 0 bridgehead atoms. The minimum Gasteiger partial charge on any atom is -0.326 e. The number of rotatable bonds is 4. The van der Waals surface area contributed by atoms with Gasteiger partial charge in [-0.3, -0.25) is 14.4 Å². The third-order valence-corrected chi connectivity index (χ3v) is 3.51. The zero-order valence-electron chi connectivity index (χ0n) is 14.5. The van der Waals surface area contributed by atoms with E-state index in [1.807, 2.05) is 32.0 Å². The molecule has 0 saturated carbocycles. The fraction of sp³-hybridized carbons (Fsp3) is 0.211. The number of nitrogens with zero attached hydrogens (tertiary/aromatic N) is 1. The Hall–Kier alpha value is -3.15. The van der Waals surface area contributed by atoms with E-state index in [4.69, 9.17) is 0 Å². The highest BCUT2D eigenvalue weighted by atomic mass is 16.2. The van der Waals surface area contributed by atoms with Crippen molar-refractivity contribution in [1.29, 1.82) is 0 Å². The lowest BCUT2D eigenvalue weighted by atomic mass is 10.2. The van der Waals surface area contributed by atoms with Crippen LogP contribution in [0, 0.1) is 6.92 Å². The Morgan fingerprint density at radius 2 is 1.60 bits per heavy atom. The summed E-state index contributed by atoms with van der Waals surface area (Å²) in [6, 6.07) is 14.0. The van der Waals surface area contributed by atoms with Crippen LogP contribution < -0.4 is 15.5 Å². The summed E-state index contributed by atoms with van der Waals surface area (Å²) < 4.78 is 0. The van der Waals surface area contributed by atoms with Gasteiger partial charge in [0.05, 0.1) is 0 Å². The van der Waals surface area contributed by atoms with Crippen LogP contribution in [0.3, 0.4) is 0 Å². The van der Waals surface area contributed by atoms with Gasteiger partial charge in [-0.05, 0) is 49.7 Å². The molecule has 2 N–H and O–H groups in total. The SMILES string of the molecule is CCN(C(=O)C(=O)Nc1cccc(NC(C)=O)c1)c1cccc(C)c1. The van der Waals surface area contributed by atoms with Gasteiger partial charge in [0.15, 0.2) is 0 Å². The first-order chi connectivity index (χ1) is 11.9. The molecule has 25 heavy (non-hydrogen) atoms. The van der Waals surface area contributed by atoms with Gasteiger partial charge in [-0.1, -0.05) is 18.2 Å². The number of likely N-dealkylation sites (N-methyl/N-ethyl adjacent to an activating group) is 1. The Kier molecular flexibility index (Phi) is 5.89. The van der Waals surface area contributed by atoms with E-state index in [0.29, 0.717) is 23.6 Å². The van der Waals surface area contributed by atoms with Gasteiger partial charge in [0.2, 0.25) is 5.91 Å². The van der Waals surface area contributed by atoms with Crippen LogP contribution in [0.25, 0.3) is 0 Å². The molecule has 2 rings (SSSR count). The van der Waals surface area contributed by atoms with E-state index in [0.717, 1.165) is 5.56 Å². The van der Waals surface area contributed by atoms with Crippen LogP contribution in [0.2, 0.25) is 0 Å². The Morgan fingerprint density at radius 3 is 2.20 bits per heavy atom. The maximum absolute atomic E-state index is 12.5. The van der Waals surface area contributed by atoms with Crippen molar-refractivity contribution in [1.82, 2.24) is 0 Å². The molecule has 6 nitrogen and oxygen atoms in total. The third kappa shape index (κ3) is 4.91. The number of anilines is 3. The molecule has 0 heterocycles. The van der Waals surface area contributed by atoms with Gasteiger partial charge >= 0.3 is 11.8 Å². The van der Waals surface area contributed by atoms with Crippen LogP contribution in [0.1, 0.15) is 19.4 Å². The lowest BCUT2D eigenvalue weighted by Gasteiger charge is -2.21. The molecule has 0 atom stereocenters. The molecule has 0 saturated heterocycles. The highest BCUT2D eigenvalue weighted by molar-refractivity contribution is 6.44. The molecule has 0 radical (unpaired) electrons. The number of aryl methyl sites for hydroxylation is 1. The monoisotopic (exact) mass is 339 g/mol. The average molecular weight is 339 g/mol. The topological polar surface area (TPSA) is 78.5 Å². The molecule has 3 amide bonds. The molecule has 0 aromatic heterocycles. The molecule has 0 spiro atoms. The Morgan fingerprint density at radius 1 is 0.960 bits per heavy atom. The van der Waals surface area contributed by atoms with E-state index >= 15 is 0 Å². The first-order valence-electron chi connectivity index (χ1n) is 7.98. The van der Waals surface area contributed by atoms with E-state index in [1.54, 1.807) is 30.3 Å². The number of benzene rings is 2. The zero-order chi connectivity index (χ0) is 18.4. The number of amides is 3. The lowest BCUT2D eigenvalue weighted by Crippen LogP contribution is -2.39. The minimum atomic E-state index is -0.733. The summed E-state index contributed by atoms with van der Waals surface area (Å²) in [6.45, 7) is 5.51. The van der Waals surface area contributed by atoms with Gasteiger partial charge in [-0.2, -0.15) is 0 Å². The van der Waals surface area contributed by atoms with E-state index in [1.165, 1.54) is 11.8 Å². The summed E-state index contributed by atoms with van der Waals surface area (Å²) in [5.41, 5.74) is 2.66. The molecule has 0 aliphatic carbocycles. The lowest BCUT2D eigenvalue weighted by molar-refractivity contribution is -0.134. The predicted molar refractivity (Wildman–Crippen MR) is 98.6 cm³/mol. The second-order valence-corrected chi connectivity index (χ2v) is 5.60. The molecular weight excluding hydrogens is 318 g/mol. The fourth-order valence-corrected chi connectivity index (χ4v) is 2.42. The van der Waals surface area contributed by atoms with Crippen LogP contribution in [-0.2, 0) is 14.4 Å². The fourth-order valence-electron chi connectivity index (χ4n) is 2.42. The predicted octanol–water partition coefficient (Wildman–Crippen LogP) is 2.95. The highest BCUT2D eigenvalue weighted by Gasteiger charge is 2.22. The average Bonchev–Trinajstić information content (AvgIpc) is 2.55. The van der Waals surface area contributed by atoms with Crippen molar-refractivity contribution < 1.29 is 14.4 Å². The molecule has 0 aliphatic rings. The maximum Gasteiger partial charge on any atom is 0.316 e. The van der Waals surface area contributed by atoms with Gasteiger partial charge in [-0.25, -0.2) is 0 Å². The van der Waals surface area contributed by atoms with Crippen molar-refractivity contribution >= 4 is 34.8 Å². The van der Waals surface area contributed by atoms with Crippen LogP contribution >= 0.6 is 0 Å². The number of carbonyl (C=O) groups excluding carboxylic acids is 3. The largest absolute Gasteiger partial charge is 0.326 e. The summed E-state index contributed by atoms with van der Waals surface area (Å²) in [5.74, 6) is -1.59. The van der Waals surface area contributed by atoms with Crippen LogP contribution in [0.4, 0.5) is 17.1 Å². The maximum atomic E-state index is 12.5. The smallest absolute Gasteiger partial charge is 0.316 e. The van der Waals surface area contributed by atoms with Crippen molar-refractivity contribution in [2.24, 2.45) is 0 Å². The Bertz CT molecular complexity index is 802. The Balaban J connectivity index is 2.14. The number of hydrogen-bond donors (Lipinski definition) is 2. The quantitative estimate of drug-likeness (QED) is 0.841. The van der Waals surface area contributed by atoms with E-state index in [2.05, 4.69) is 10.6 Å². The van der Waals surface area contributed by atoms with Crippen molar-refractivity contribution in [3.05, 3.63) is 54.1 Å². The van der Waals surface area contributed by atoms with Crippen molar-refractivity contribution in [3.8, 4) is 0 Å². The first kappa shape index (κ1) is 18.2. The van der Waals surface area contributed by atoms with Gasteiger partial charge in [0.1, 0.15) is 0 Å². The van der Waals surface area contributed by atoms with Gasteiger partial charge < -0.3 is 15.5 Å². The second kappa shape index (κ2) is 8.10. The van der Waals surface area contributed by atoms with Gasteiger partial charge in [0, 0.05) is 30.5 Å². The number of carbonyl (C=O) groups is 3. The van der Waals surface area contributed by atoms with E-state index < -0.39 is 11.8 Å². The molecule has 0 fully saturated rings. The van der Waals surface area contributed by atoms with Crippen molar-refractivity contribution in [2.75, 3.05) is 22.1 Å². The number of nitrogens with one attached hydrogen (secondary N) is 2. The molecule has 2 aromatic rings. The van der Waals surface area contributed by atoms with Crippen LogP contribution in [0.15, 0.2) is 48.5 Å². The van der Waals surface area contributed by atoms with Crippen molar-refractivity contribution in [2.45, 2.75) is 20.8 Å². The van der Waals surface area contributed by atoms with E-state index in [-0.39, 0.29) is 5.91 Å². The third-order valence-electron chi connectivity index (χ3n) is 3.51. The summed E-state index contributed by atoms with van der Waals surface area (Å²) in [4.78, 5) is 37.3. The standard InChI is InChI=1S/C19H21N3O3/c1-4-22(17-10-5-7-13(2)11-17)19(25)18(24)21-16-9-6-8-15(12-16)20-14(3)23/h5-12H,4H2,1-3H3,(H,20,23)(H,21,24). The zero-order valence-corrected chi connectivity index (χ0v) is 14.5. The van der Waals surface area contributed by atoms with E-state index in [9.17, 15) is 14.4 Å². The summed E-state index contributed by atoms with van der Waals surface area (Å²) in [7, 11) is 0. The Labute approximate surface area is 146 Å². The van der Waals surface area contributed by atoms with Gasteiger partial charge in [-0.15, -0.1) is 0 Å². The molecule has 2 aromatic carbocycles. The highest BCUT2D eigenvalue weighted by Crippen LogP contribution is 2.18. The minimum absolute atomic E-state index is 0.212. The number of hydrogen-bond acceptors (Lipinski definition) is 3. The normalized spacial score (nSPS) is 10.0. The molecule has 0 aliphatic heterocycles. The molecule has 130 valence electrons. The van der Waals surface area contributed by atoms with Crippen molar-refractivity contribution in [3.63, 3.8) is 0 Å². The first-order valence-corrected chi connectivity index (χ1v) is 7.98. The molecular formula is C19H21N3O3. The molecule has 0 unspecified atom stereocenters. The summed E-state index contributed by atoms with van der Waals surface area (Å²) in [5, 5.41) is 5.20. The van der Waals surface area contributed by atoms with Crippen LogP contribution in [-0.4, -0.2) is 24.3 Å². The summed E-state index contributed by atoms with van der Waals surface area (Å²) in [6.07, 6.45) is 0. The van der Waals surface area contributed by atoms with Gasteiger partial charge in [0.25, 0.3) is 0 Å². The summed E-state index contributed by atoms with van der Waals surface area (Å²) >= 11 is 0. The molecule has 6 heteroatoms. The second-order valence-electron chi connectivity index (χ2n) is 5.60.